The number of likely N-dealkylation sites (N-methyl/N-ethyl adjacent to an activating group) is 1. The molecule has 1 N–H and O–H groups in total. The van der Waals surface area contributed by atoms with E-state index in [1.54, 1.807) is 24.1 Å². The van der Waals surface area contributed by atoms with E-state index in [1.807, 2.05) is 0 Å². The Labute approximate surface area is 134 Å². The van der Waals surface area contributed by atoms with Gasteiger partial charge in [0.25, 0.3) is 0 Å². The van der Waals surface area contributed by atoms with Crippen LogP contribution in [0.1, 0.15) is 18.4 Å². The van der Waals surface area contributed by atoms with E-state index in [-0.39, 0.29) is 24.4 Å². The first-order valence-corrected chi connectivity index (χ1v) is 7.64. The molecule has 0 atom stereocenters. The molecule has 2 rings (SSSR count). The van der Waals surface area contributed by atoms with Gasteiger partial charge in [-0.25, -0.2) is 0 Å². The number of rotatable bonds is 7. The smallest absolute Gasteiger partial charge is 0.387 e. The first-order chi connectivity index (χ1) is 11.0. The zero-order valence-electron chi connectivity index (χ0n) is 13.1. The predicted octanol–water partition coefficient (Wildman–Crippen LogP) is 2.02. The lowest BCUT2D eigenvalue weighted by molar-refractivity contribution is -0.137. The van der Waals surface area contributed by atoms with E-state index < -0.39 is 6.61 Å². The second-order valence-corrected chi connectivity index (χ2v) is 5.53. The van der Waals surface area contributed by atoms with Crippen molar-refractivity contribution in [2.45, 2.75) is 32.1 Å². The molecule has 0 radical (unpaired) electrons. The number of nitrogens with zero attached hydrogens (tertiary/aromatic N) is 1. The van der Waals surface area contributed by atoms with Crippen LogP contribution in [0.3, 0.4) is 0 Å². The number of amides is 1. The summed E-state index contributed by atoms with van der Waals surface area (Å²) in [5.74, 6) is 0.00316. The number of halogens is 2. The topological polar surface area (TPSA) is 50.8 Å². The normalized spacial score (nSPS) is 15.7. The van der Waals surface area contributed by atoms with Crippen LogP contribution in [0.25, 0.3) is 0 Å². The number of piperidine rings is 1. The van der Waals surface area contributed by atoms with Gasteiger partial charge in [-0.15, -0.1) is 0 Å². The lowest BCUT2D eigenvalue weighted by atomic mass is 10.1. The Morgan fingerprint density at radius 2 is 1.96 bits per heavy atom. The Kier molecular flexibility index (Phi) is 6.73. The zero-order chi connectivity index (χ0) is 16.7. The molecule has 1 fully saturated rings. The molecule has 1 amide bonds. The molecule has 0 unspecified atom stereocenters. The highest BCUT2D eigenvalue weighted by Crippen LogP contribution is 2.16. The predicted molar refractivity (Wildman–Crippen MR) is 81.4 cm³/mol. The fourth-order valence-corrected chi connectivity index (χ4v) is 2.40. The molecule has 0 aliphatic carbocycles. The number of nitrogens with one attached hydrogen (secondary N) is 1. The lowest BCUT2D eigenvalue weighted by Gasteiger charge is -2.24. The number of benzene rings is 1. The molecular formula is C16H22F2N2O3. The number of hydrogen-bond acceptors (Lipinski definition) is 4. The first kappa shape index (κ1) is 17.6. The summed E-state index contributed by atoms with van der Waals surface area (Å²) in [4.78, 5) is 13.6. The van der Waals surface area contributed by atoms with Crippen molar-refractivity contribution in [2.75, 3.05) is 26.7 Å². The van der Waals surface area contributed by atoms with Crippen molar-refractivity contribution in [3.8, 4) is 5.75 Å². The van der Waals surface area contributed by atoms with Crippen molar-refractivity contribution in [1.82, 2.24) is 10.2 Å². The highest BCUT2D eigenvalue weighted by Gasteiger charge is 2.16. The summed E-state index contributed by atoms with van der Waals surface area (Å²) in [7, 11) is 1.69. The van der Waals surface area contributed by atoms with E-state index >= 15 is 0 Å². The minimum atomic E-state index is -2.84. The third kappa shape index (κ3) is 6.11. The van der Waals surface area contributed by atoms with Gasteiger partial charge in [-0.2, -0.15) is 8.78 Å². The maximum Gasteiger partial charge on any atom is 0.387 e. The number of carbonyl (C=O) groups excluding carboxylic acids is 1. The van der Waals surface area contributed by atoms with Crippen LogP contribution >= 0.6 is 0 Å². The van der Waals surface area contributed by atoms with Crippen LogP contribution in [0, 0.1) is 0 Å². The fourth-order valence-electron chi connectivity index (χ4n) is 2.40. The number of alkyl halides is 2. The summed E-state index contributed by atoms with van der Waals surface area (Å²) in [5.41, 5.74) is 0.837. The van der Waals surface area contributed by atoms with Crippen molar-refractivity contribution in [3.05, 3.63) is 29.8 Å². The van der Waals surface area contributed by atoms with E-state index in [9.17, 15) is 13.6 Å². The maximum atomic E-state index is 12.1. The number of ether oxygens (including phenoxy) is 2. The van der Waals surface area contributed by atoms with Crippen LogP contribution in [0.15, 0.2) is 24.3 Å². The van der Waals surface area contributed by atoms with Gasteiger partial charge in [0.05, 0.1) is 6.10 Å². The third-order valence-electron chi connectivity index (χ3n) is 3.72. The van der Waals surface area contributed by atoms with Gasteiger partial charge in [0.2, 0.25) is 5.91 Å². The Bertz CT molecular complexity index is 491. The Hall–Kier alpha value is -1.73. The second-order valence-electron chi connectivity index (χ2n) is 5.53. The molecule has 1 aromatic rings. The van der Waals surface area contributed by atoms with E-state index in [1.165, 1.54) is 12.1 Å². The van der Waals surface area contributed by atoms with E-state index in [2.05, 4.69) is 10.1 Å². The molecular weight excluding hydrogens is 306 g/mol. The summed E-state index contributed by atoms with van der Waals surface area (Å²) < 4.78 is 34.1. The van der Waals surface area contributed by atoms with Crippen molar-refractivity contribution in [1.29, 1.82) is 0 Å². The highest BCUT2D eigenvalue weighted by molar-refractivity contribution is 5.77. The molecule has 1 aromatic carbocycles. The van der Waals surface area contributed by atoms with Crippen molar-refractivity contribution < 1.29 is 23.0 Å². The summed E-state index contributed by atoms with van der Waals surface area (Å²) in [6.07, 6.45) is 1.98. The molecule has 1 heterocycles. The first-order valence-electron chi connectivity index (χ1n) is 7.64. The molecule has 0 bridgehead atoms. The standard InChI is InChI=1S/C16H22F2N2O3/c1-20(15(21)11-22-13-6-8-19-9-7-13)10-12-2-4-14(5-3-12)23-16(17)18/h2-5,13,16,19H,6-11H2,1H3. The minimum absolute atomic E-state index is 0.0632. The van der Waals surface area contributed by atoms with Crippen LogP contribution in [0.4, 0.5) is 8.78 Å². The molecule has 0 saturated carbocycles. The molecule has 7 heteroatoms. The summed E-state index contributed by atoms with van der Waals surface area (Å²) in [6, 6.07) is 6.25. The molecule has 1 saturated heterocycles. The Balaban J connectivity index is 1.76. The molecule has 5 nitrogen and oxygen atoms in total. The Morgan fingerprint density at radius 1 is 1.30 bits per heavy atom. The molecule has 128 valence electrons. The second kappa shape index (κ2) is 8.79. The molecule has 23 heavy (non-hydrogen) atoms. The van der Waals surface area contributed by atoms with Gasteiger partial charge in [0, 0.05) is 13.6 Å². The van der Waals surface area contributed by atoms with Gasteiger partial charge in [-0.3, -0.25) is 4.79 Å². The number of hydrogen-bond donors (Lipinski definition) is 1. The van der Waals surface area contributed by atoms with Gasteiger partial charge >= 0.3 is 6.61 Å². The SMILES string of the molecule is CN(Cc1ccc(OC(F)F)cc1)C(=O)COC1CCNCC1. The van der Waals surface area contributed by atoms with Gasteiger partial charge in [-0.1, -0.05) is 12.1 Å². The average Bonchev–Trinajstić information content (AvgIpc) is 2.55. The molecule has 0 aromatic heterocycles. The van der Waals surface area contributed by atoms with Gasteiger partial charge < -0.3 is 19.7 Å². The van der Waals surface area contributed by atoms with E-state index in [0.717, 1.165) is 31.5 Å². The van der Waals surface area contributed by atoms with Crippen LogP contribution in [0.2, 0.25) is 0 Å². The van der Waals surface area contributed by atoms with Crippen LogP contribution in [-0.2, 0) is 16.1 Å². The van der Waals surface area contributed by atoms with Crippen LogP contribution < -0.4 is 10.1 Å². The summed E-state index contributed by atoms with van der Waals surface area (Å²) >= 11 is 0. The van der Waals surface area contributed by atoms with Crippen molar-refractivity contribution in [3.63, 3.8) is 0 Å². The van der Waals surface area contributed by atoms with Crippen LogP contribution in [0.5, 0.6) is 5.75 Å². The van der Waals surface area contributed by atoms with Crippen molar-refractivity contribution >= 4 is 5.91 Å². The van der Waals surface area contributed by atoms with E-state index in [0.29, 0.717) is 6.54 Å². The highest BCUT2D eigenvalue weighted by atomic mass is 19.3. The quantitative estimate of drug-likeness (QED) is 0.832. The van der Waals surface area contributed by atoms with Crippen LogP contribution in [-0.4, -0.2) is 50.3 Å². The summed E-state index contributed by atoms with van der Waals surface area (Å²) in [5, 5.41) is 3.24. The third-order valence-corrected chi connectivity index (χ3v) is 3.72. The maximum absolute atomic E-state index is 12.1. The van der Waals surface area contributed by atoms with Gasteiger partial charge in [-0.05, 0) is 43.6 Å². The lowest BCUT2D eigenvalue weighted by Crippen LogP contribution is -2.36. The average molecular weight is 328 g/mol. The molecule has 1 aliphatic rings. The minimum Gasteiger partial charge on any atom is -0.435 e. The number of carbonyl (C=O) groups is 1. The zero-order valence-corrected chi connectivity index (χ0v) is 13.1. The van der Waals surface area contributed by atoms with Gasteiger partial charge in [0.15, 0.2) is 0 Å². The fraction of sp³-hybridized carbons (Fsp3) is 0.562. The van der Waals surface area contributed by atoms with Crippen molar-refractivity contribution in [2.24, 2.45) is 0 Å². The van der Waals surface area contributed by atoms with E-state index in [4.69, 9.17) is 4.74 Å². The van der Waals surface area contributed by atoms with Gasteiger partial charge in [0.1, 0.15) is 12.4 Å². The largest absolute Gasteiger partial charge is 0.435 e. The Morgan fingerprint density at radius 3 is 2.57 bits per heavy atom. The molecule has 0 spiro atoms. The molecule has 1 aliphatic heterocycles. The summed E-state index contributed by atoms with van der Waals surface area (Å²) in [6.45, 7) is -0.544. The monoisotopic (exact) mass is 328 g/mol.